The van der Waals surface area contributed by atoms with Gasteiger partial charge in [-0.3, -0.25) is 9.36 Å². The van der Waals surface area contributed by atoms with Crippen molar-refractivity contribution in [2.45, 2.75) is 44.8 Å². The van der Waals surface area contributed by atoms with Crippen molar-refractivity contribution in [2.75, 3.05) is 5.32 Å². The smallest absolute Gasteiger partial charge is 0.256 e. The van der Waals surface area contributed by atoms with Crippen LogP contribution in [0.4, 0.5) is 19.1 Å². The molecule has 1 saturated carbocycles. The Labute approximate surface area is 199 Å². The lowest BCUT2D eigenvalue weighted by Crippen LogP contribution is -2.37. The molecule has 0 bridgehead atoms. The first-order valence-electron chi connectivity index (χ1n) is 11.4. The van der Waals surface area contributed by atoms with E-state index in [1.54, 1.807) is 13.0 Å². The number of aliphatic hydroxyl groups excluding tert-OH is 1. The highest BCUT2D eigenvalue weighted by Crippen LogP contribution is 2.32. The van der Waals surface area contributed by atoms with Crippen molar-refractivity contribution in [1.29, 1.82) is 0 Å². The minimum atomic E-state index is -0.921. The summed E-state index contributed by atoms with van der Waals surface area (Å²) in [6.07, 6.45) is 2.53. The number of aromatic nitrogens is 3. The number of hydrogen-bond acceptors (Lipinski definition) is 5. The van der Waals surface area contributed by atoms with Gasteiger partial charge in [0.15, 0.2) is 5.65 Å². The summed E-state index contributed by atoms with van der Waals surface area (Å²) >= 11 is 0. The van der Waals surface area contributed by atoms with Gasteiger partial charge in [-0.2, -0.15) is 4.98 Å². The number of aliphatic hydroxyl groups is 1. The van der Waals surface area contributed by atoms with Crippen LogP contribution in [0.15, 0.2) is 53.3 Å². The second-order valence-electron chi connectivity index (χ2n) is 8.77. The molecule has 1 aliphatic rings. The van der Waals surface area contributed by atoms with E-state index in [2.05, 4.69) is 15.3 Å². The zero-order chi connectivity index (χ0) is 24.7. The number of para-hydroxylation sites is 1. The molecule has 0 saturated heterocycles. The highest BCUT2D eigenvalue weighted by atomic mass is 19.1. The topological polar surface area (TPSA) is 80.0 Å². The predicted molar refractivity (Wildman–Crippen MR) is 127 cm³/mol. The third-order valence-corrected chi connectivity index (χ3v) is 6.40. The molecule has 0 radical (unpaired) electrons. The van der Waals surface area contributed by atoms with Crippen molar-refractivity contribution in [3.63, 3.8) is 0 Å². The molecule has 0 aliphatic heterocycles. The molecule has 6 nitrogen and oxygen atoms in total. The standard InChI is InChI=1S/C26H23F3N4O2/c1-14-13-15(27)9-10-16(14)23-17-11-12-22(35)33(24-18(28)5-4-6-19(24)29)25(17)32-26(31-23)30-20-7-2-3-8-21(20)34/h4-6,9-13,20-21,34H,2-3,7-8H2,1H3,(H,30,31,32). The van der Waals surface area contributed by atoms with E-state index in [-0.39, 0.29) is 17.6 Å². The first kappa shape index (κ1) is 23.0. The van der Waals surface area contributed by atoms with Crippen molar-refractivity contribution >= 4 is 17.0 Å². The van der Waals surface area contributed by atoms with Gasteiger partial charge >= 0.3 is 0 Å². The quantitative estimate of drug-likeness (QED) is 0.435. The fourth-order valence-corrected chi connectivity index (χ4v) is 4.64. The third kappa shape index (κ3) is 4.27. The Morgan fingerprint density at radius 1 is 1.00 bits per heavy atom. The van der Waals surface area contributed by atoms with Crippen molar-refractivity contribution in [3.05, 3.63) is 81.9 Å². The van der Waals surface area contributed by atoms with E-state index in [4.69, 9.17) is 0 Å². The number of nitrogens with one attached hydrogen (secondary N) is 1. The fourth-order valence-electron chi connectivity index (χ4n) is 4.64. The number of pyridine rings is 1. The normalized spacial score (nSPS) is 18.1. The van der Waals surface area contributed by atoms with Gasteiger partial charge in [0.25, 0.3) is 5.56 Å². The summed E-state index contributed by atoms with van der Waals surface area (Å²) in [6, 6.07) is 9.91. The number of nitrogens with zero attached hydrogens (tertiary/aromatic N) is 3. The van der Waals surface area contributed by atoms with Gasteiger partial charge in [0.1, 0.15) is 23.1 Å². The molecular formula is C26H23F3N4O2. The fraction of sp³-hybridized carbons (Fsp3) is 0.269. The van der Waals surface area contributed by atoms with Crippen molar-refractivity contribution in [3.8, 4) is 16.9 Å². The zero-order valence-electron chi connectivity index (χ0n) is 18.9. The van der Waals surface area contributed by atoms with E-state index in [0.717, 1.165) is 29.5 Å². The van der Waals surface area contributed by atoms with Gasteiger partial charge in [0.05, 0.1) is 17.8 Å². The van der Waals surface area contributed by atoms with Crippen LogP contribution >= 0.6 is 0 Å². The largest absolute Gasteiger partial charge is 0.391 e. The average molecular weight is 480 g/mol. The zero-order valence-corrected chi connectivity index (χ0v) is 18.9. The molecule has 4 aromatic rings. The molecule has 2 N–H and O–H groups in total. The van der Waals surface area contributed by atoms with Crippen LogP contribution < -0.4 is 10.9 Å². The van der Waals surface area contributed by atoms with Crippen LogP contribution in [-0.4, -0.2) is 31.8 Å². The van der Waals surface area contributed by atoms with E-state index in [0.29, 0.717) is 35.0 Å². The maximum Gasteiger partial charge on any atom is 0.256 e. The van der Waals surface area contributed by atoms with Crippen LogP contribution in [0.25, 0.3) is 28.0 Å². The van der Waals surface area contributed by atoms with Gasteiger partial charge in [-0.05, 0) is 61.7 Å². The maximum atomic E-state index is 14.8. The summed E-state index contributed by atoms with van der Waals surface area (Å²) in [4.78, 5) is 22.0. The molecule has 2 aromatic heterocycles. The lowest BCUT2D eigenvalue weighted by atomic mass is 9.93. The Bertz CT molecular complexity index is 1470. The number of anilines is 1. The molecule has 2 unspecified atom stereocenters. The number of aryl methyl sites for hydroxylation is 1. The molecule has 180 valence electrons. The molecule has 2 atom stereocenters. The highest BCUT2D eigenvalue weighted by molar-refractivity contribution is 5.93. The number of rotatable bonds is 4. The first-order chi connectivity index (χ1) is 16.8. The van der Waals surface area contributed by atoms with Crippen LogP contribution in [0, 0.1) is 24.4 Å². The number of hydrogen-bond donors (Lipinski definition) is 2. The van der Waals surface area contributed by atoms with Crippen LogP contribution in [0.2, 0.25) is 0 Å². The summed E-state index contributed by atoms with van der Waals surface area (Å²) in [5.74, 6) is -2.17. The van der Waals surface area contributed by atoms with Gasteiger partial charge in [-0.25, -0.2) is 18.2 Å². The van der Waals surface area contributed by atoms with Crippen molar-refractivity contribution < 1.29 is 18.3 Å². The predicted octanol–water partition coefficient (Wildman–Crippen LogP) is 4.89. The van der Waals surface area contributed by atoms with Crippen molar-refractivity contribution in [1.82, 2.24) is 14.5 Å². The van der Waals surface area contributed by atoms with Gasteiger partial charge in [-0.1, -0.05) is 18.9 Å². The molecular weight excluding hydrogens is 457 g/mol. The number of benzene rings is 2. The third-order valence-electron chi connectivity index (χ3n) is 6.40. The number of halogens is 3. The van der Waals surface area contributed by atoms with Crippen LogP contribution in [-0.2, 0) is 0 Å². The van der Waals surface area contributed by atoms with E-state index in [1.165, 1.54) is 30.3 Å². The lowest BCUT2D eigenvalue weighted by Gasteiger charge is -2.28. The van der Waals surface area contributed by atoms with E-state index in [1.807, 2.05) is 0 Å². The molecule has 0 amide bonds. The van der Waals surface area contributed by atoms with Crippen molar-refractivity contribution in [2.24, 2.45) is 0 Å². The van der Waals surface area contributed by atoms with Gasteiger partial charge in [0.2, 0.25) is 5.95 Å². The molecule has 0 spiro atoms. The average Bonchev–Trinajstić information content (AvgIpc) is 2.81. The Kier molecular flexibility index (Phi) is 6.02. The minimum absolute atomic E-state index is 0.0111. The Morgan fingerprint density at radius 2 is 1.74 bits per heavy atom. The molecule has 5 rings (SSSR count). The second kappa shape index (κ2) is 9.14. The number of fused-ring (bicyclic) bond motifs is 1. The first-order valence-corrected chi connectivity index (χ1v) is 11.4. The monoisotopic (exact) mass is 480 g/mol. The summed E-state index contributed by atoms with van der Waals surface area (Å²) in [7, 11) is 0. The van der Waals surface area contributed by atoms with Crippen LogP contribution in [0.1, 0.15) is 31.2 Å². The van der Waals surface area contributed by atoms with Gasteiger partial charge in [-0.15, -0.1) is 0 Å². The molecule has 9 heteroatoms. The summed E-state index contributed by atoms with van der Waals surface area (Å²) in [5, 5.41) is 13.9. The Morgan fingerprint density at radius 3 is 2.46 bits per heavy atom. The summed E-state index contributed by atoms with van der Waals surface area (Å²) < 4.78 is 44.2. The summed E-state index contributed by atoms with van der Waals surface area (Å²) in [6.45, 7) is 1.72. The van der Waals surface area contributed by atoms with Crippen LogP contribution in [0.5, 0.6) is 0 Å². The molecule has 2 aromatic carbocycles. The second-order valence-corrected chi connectivity index (χ2v) is 8.77. The van der Waals surface area contributed by atoms with E-state index >= 15 is 0 Å². The molecule has 2 heterocycles. The van der Waals surface area contributed by atoms with E-state index < -0.39 is 34.8 Å². The maximum absolute atomic E-state index is 14.8. The SMILES string of the molecule is Cc1cc(F)ccc1-c1nc(NC2CCCCC2O)nc2c1ccc(=O)n2-c1c(F)cccc1F. The molecule has 1 fully saturated rings. The highest BCUT2D eigenvalue weighted by Gasteiger charge is 2.25. The minimum Gasteiger partial charge on any atom is -0.391 e. The van der Waals surface area contributed by atoms with Gasteiger partial charge < -0.3 is 10.4 Å². The molecule has 1 aliphatic carbocycles. The van der Waals surface area contributed by atoms with Crippen LogP contribution in [0.3, 0.4) is 0 Å². The Balaban J connectivity index is 1.81. The lowest BCUT2D eigenvalue weighted by molar-refractivity contribution is 0.116. The van der Waals surface area contributed by atoms with E-state index in [9.17, 15) is 23.1 Å². The molecule has 35 heavy (non-hydrogen) atoms. The summed E-state index contributed by atoms with van der Waals surface area (Å²) in [5.41, 5.74) is 0.292. The Hall–Kier alpha value is -3.72. The van der Waals surface area contributed by atoms with Gasteiger partial charge in [0, 0.05) is 17.0 Å².